The fourth-order valence-electron chi connectivity index (χ4n) is 3.19. The maximum atomic E-state index is 12.4. The van der Waals surface area contributed by atoms with Crippen molar-refractivity contribution in [1.82, 2.24) is 10.6 Å². The van der Waals surface area contributed by atoms with Gasteiger partial charge in [0, 0.05) is 0 Å². The van der Waals surface area contributed by atoms with Crippen LogP contribution in [0.15, 0.2) is 41.5 Å². The van der Waals surface area contributed by atoms with E-state index in [1.54, 1.807) is 12.1 Å². The summed E-state index contributed by atoms with van der Waals surface area (Å²) >= 11 is 0. The fourth-order valence-corrected chi connectivity index (χ4v) is 3.19. The number of amides is 4. The summed E-state index contributed by atoms with van der Waals surface area (Å²) in [5, 5.41) is 5.97. The molecule has 1 fully saturated rings. The van der Waals surface area contributed by atoms with E-state index in [2.05, 4.69) is 10.6 Å². The number of nitrogens with zero attached hydrogens (tertiary/aromatic N) is 1. The summed E-state index contributed by atoms with van der Waals surface area (Å²) in [5.74, 6) is 0. The number of para-hydroxylation sites is 1. The van der Waals surface area contributed by atoms with Crippen molar-refractivity contribution in [3.05, 3.63) is 41.5 Å². The Labute approximate surface area is 116 Å². The first-order valence-corrected chi connectivity index (χ1v) is 6.92. The molecule has 2 heterocycles. The lowest BCUT2D eigenvalue weighted by molar-refractivity contribution is 0.234. The first-order chi connectivity index (χ1) is 9.74. The molecule has 0 aromatic heterocycles. The molecule has 1 aromatic rings. The Balaban J connectivity index is 1.71. The first-order valence-electron chi connectivity index (χ1n) is 6.92. The van der Waals surface area contributed by atoms with Crippen molar-refractivity contribution in [2.75, 3.05) is 4.90 Å². The van der Waals surface area contributed by atoms with Gasteiger partial charge in [-0.3, -0.25) is 0 Å². The van der Waals surface area contributed by atoms with Gasteiger partial charge in [-0.25, -0.2) is 14.5 Å². The smallest absolute Gasteiger partial charge is 0.330 e. The Morgan fingerprint density at radius 2 is 1.45 bits per heavy atom. The number of rotatable bonds is 1. The molecular weight excluding hydrogens is 254 g/mol. The van der Waals surface area contributed by atoms with E-state index in [4.69, 9.17) is 0 Å². The second-order valence-corrected chi connectivity index (χ2v) is 5.48. The van der Waals surface area contributed by atoms with Crippen LogP contribution < -0.4 is 15.5 Å². The van der Waals surface area contributed by atoms with E-state index < -0.39 is 0 Å². The van der Waals surface area contributed by atoms with Gasteiger partial charge in [-0.1, -0.05) is 18.2 Å². The summed E-state index contributed by atoms with van der Waals surface area (Å²) in [6, 6.07) is 8.54. The van der Waals surface area contributed by atoms with Crippen molar-refractivity contribution in [3.63, 3.8) is 0 Å². The lowest BCUT2D eigenvalue weighted by atomic mass is 9.99. The number of carbonyl (C=O) groups excluding carboxylic acids is 2. The van der Waals surface area contributed by atoms with Gasteiger partial charge >= 0.3 is 12.1 Å². The number of hydrogen-bond acceptors (Lipinski definition) is 2. The minimum Gasteiger partial charge on any atom is -0.331 e. The highest BCUT2D eigenvalue weighted by Crippen LogP contribution is 2.44. The topological polar surface area (TPSA) is 61.4 Å². The van der Waals surface area contributed by atoms with E-state index in [0.717, 1.165) is 19.3 Å². The molecule has 102 valence electrons. The number of anilines is 1. The second kappa shape index (κ2) is 4.10. The Morgan fingerprint density at radius 3 is 2.00 bits per heavy atom. The van der Waals surface area contributed by atoms with E-state index in [9.17, 15) is 9.59 Å². The van der Waals surface area contributed by atoms with E-state index in [1.165, 1.54) is 16.0 Å². The maximum absolute atomic E-state index is 12.4. The monoisotopic (exact) mass is 269 g/mol. The van der Waals surface area contributed by atoms with Gasteiger partial charge in [0.15, 0.2) is 0 Å². The van der Waals surface area contributed by atoms with Crippen LogP contribution in [0, 0.1) is 0 Å². The molecular formula is C15H15N3O2. The number of imide groups is 1. The average molecular weight is 269 g/mol. The average Bonchev–Trinajstić information content (AvgIpc) is 3.23. The minimum atomic E-state index is -0.347. The molecule has 4 aliphatic rings. The summed E-state index contributed by atoms with van der Waals surface area (Å²) < 4.78 is 0. The van der Waals surface area contributed by atoms with Gasteiger partial charge < -0.3 is 10.6 Å². The van der Waals surface area contributed by atoms with Crippen LogP contribution in [0.5, 0.6) is 0 Å². The summed E-state index contributed by atoms with van der Waals surface area (Å²) in [5.41, 5.74) is 3.21. The van der Waals surface area contributed by atoms with Crippen LogP contribution >= 0.6 is 0 Å². The third kappa shape index (κ3) is 1.70. The number of benzene rings is 1. The predicted octanol–water partition coefficient (Wildman–Crippen LogP) is 2.16. The van der Waals surface area contributed by atoms with Gasteiger partial charge in [0.25, 0.3) is 0 Å². The van der Waals surface area contributed by atoms with Crippen LogP contribution in [-0.4, -0.2) is 24.1 Å². The van der Waals surface area contributed by atoms with E-state index in [0.29, 0.717) is 5.69 Å². The third-order valence-corrected chi connectivity index (χ3v) is 4.27. The summed E-state index contributed by atoms with van der Waals surface area (Å²) in [6.45, 7) is 0. The van der Waals surface area contributed by atoms with Crippen LogP contribution in [0.3, 0.4) is 0 Å². The molecule has 0 unspecified atom stereocenters. The largest absolute Gasteiger partial charge is 0.331 e. The molecule has 2 aliphatic heterocycles. The van der Waals surface area contributed by atoms with Crippen LogP contribution in [0.25, 0.3) is 0 Å². The zero-order valence-corrected chi connectivity index (χ0v) is 10.9. The molecule has 2 atom stereocenters. The lowest BCUT2D eigenvalue weighted by Crippen LogP contribution is -2.50. The molecule has 5 rings (SSSR count). The van der Waals surface area contributed by atoms with Crippen molar-refractivity contribution in [1.29, 1.82) is 0 Å². The van der Waals surface area contributed by atoms with Crippen molar-refractivity contribution in [2.24, 2.45) is 0 Å². The highest BCUT2D eigenvalue weighted by atomic mass is 16.2. The van der Waals surface area contributed by atoms with Crippen LogP contribution in [0.2, 0.25) is 0 Å². The van der Waals surface area contributed by atoms with Crippen molar-refractivity contribution >= 4 is 17.7 Å². The van der Waals surface area contributed by atoms with E-state index in [-0.39, 0.29) is 24.1 Å². The van der Waals surface area contributed by atoms with Crippen molar-refractivity contribution in [2.45, 2.75) is 31.3 Å². The Kier molecular flexibility index (Phi) is 2.36. The number of urea groups is 2. The van der Waals surface area contributed by atoms with Gasteiger partial charge in [0.1, 0.15) is 0 Å². The molecule has 2 bridgehead atoms. The molecule has 1 saturated heterocycles. The molecule has 0 spiro atoms. The van der Waals surface area contributed by atoms with E-state index >= 15 is 0 Å². The van der Waals surface area contributed by atoms with Gasteiger partial charge in [-0.2, -0.15) is 0 Å². The van der Waals surface area contributed by atoms with Gasteiger partial charge in [-0.05, 0) is 42.5 Å². The third-order valence-electron chi connectivity index (χ3n) is 4.27. The van der Waals surface area contributed by atoms with Crippen LogP contribution in [0.4, 0.5) is 15.3 Å². The number of fused-ring (bicyclic) bond motifs is 5. The predicted molar refractivity (Wildman–Crippen MR) is 74.4 cm³/mol. The Morgan fingerprint density at radius 1 is 0.900 bits per heavy atom. The number of carbonyl (C=O) groups is 2. The highest BCUT2D eigenvalue weighted by molar-refractivity contribution is 6.14. The standard InChI is InChI=1S/C15H15N3O2/c19-14-16-12-6-7-13(11-8-10(11)12)17-15(20)18(14)9-4-2-1-3-5-9/h1-5,12-13H,6-8H2,(H,16,19)(H,17,20)/t12-,13-/m1/s1. The molecule has 20 heavy (non-hydrogen) atoms. The maximum Gasteiger partial charge on any atom is 0.330 e. The number of nitrogens with one attached hydrogen (secondary N) is 2. The summed E-state index contributed by atoms with van der Waals surface area (Å²) in [7, 11) is 0. The number of hydrogen-bond donors (Lipinski definition) is 2. The second-order valence-electron chi connectivity index (χ2n) is 5.48. The fraction of sp³-hybridized carbons (Fsp3) is 0.333. The van der Waals surface area contributed by atoms with Gasteiger partial charge in [0.05, 0.1) is 17.8 Å². The Bertz CT molecular complexity index is 589. The molecule has 1 aromatic carbocycles. The zero-order chi connectivity index (χ0) is 13.7. The van der Waals surface area contributed by atoms with Gasteiger partial charge in [-0.15, -0.1) is 0 Å². The quantitative estimate of drug-likeness (QED) is 0.767. The lowest BCUT2D eigenvalue weighted by Gasteiger charge is -2.22. The first kappa shape index (κ1) is 11.5. The molecule has 0 saturated carbocycles. The highest BCUT2D eigenvalue weighted by Gasteiger charge is 2.43. The molecule has 4 amide bonds. The molecule has 0 radical (unpaired) electrons. The molecule has 2 N–H and O–H groups in total. The zero-order valence-electron chi connectivity index (χ0n) is 10.9. The van der Waals surface area contributed by atoms with Crippen molar-refractivity contribution in [3.8, 4) is 0 Å². The molecule has 2 aliphatic carbocycles. The summed E-state index contributed by atoms with van der Waals surface area (Å²) in [4.78, 5) is 26.0. The van der Waals surface area contributed by atoms with Crippen molar-refractivity contribution < 1.29 is 9.59 Å². The minimum absolute atomic E-state index is 0.104. The SMILES string of the molecule is O=C1N[C@@H]2CC[C@@H](NC(=O)N1c1ccccc1)C1=C2C1. The van der Waals surface area contributed by atoms with Crippen LogP contribution in [-0.2, 0) is 0 Å². The summed E-state index contributed by atoms with van der Waals surface area (Å²) in [6.07, 6.45) is 2.76. The normalized spacial score (nSPS) is 28.1. The van der Waals surface area contributed by atoms with Crippen LogP contribution in [0.1, 0.15) is 19.3 Å². The van der Waals surface area contributed by atoms with Gasteiger partial charge in [0.2, 0.25) is 0 Å². The Hall–Kier alpha value is -2.30. The molecule has 5 heteroatoms. The van der Waals surface area contributed by atoms with E-state index in [1.807, 2.05) is 18.2 Å². The molecule has 5 nitrogen and oxygen atoms in total.